The minimum absolute atomic E-state index is 0.0887. The molecule has 4 rings (SSSR count). The predicted octanol–water partition coefficient (Wildman–Crippen LogP) is 3.03. The molecule has 2 amide bonds. The Morgan fingerprint density at radius 3 is 2.79 bits per heavy atom. The number of carbonyl (C=O) groups is 2. The van der Waals surface area contributed by atoms with Crippen molar-refractivity contribution < 1.29 is 9.59 Å². The van der Waals surface area contributed by atoms with Crippen molar-refractivity contribution in [3.05, 3.63) is 58.9 Å². The van der Waals surface area contributed by atoms with Crippen molar-refractivity contribution >= 4 is 40.1 Å². The van der Waals surface area contributed by atoms with Gasteiger partial charge in [0.15, 0.2) is 0 Å². The quantitative estimate of drug-likeness (QED) is 0.615. The van der Waals surface area contributed by atoms with E-state index in [1.54, 1.807) is 29.2 Å². The molecule has 1 aliphatic rings. The third-order valence-electron chi connectivity index (χ3n) is 4.99. The third-order valence-corrected chi connectivity index (χ3v) is 5.23. The maximum Gasteiger partial charge on any atom is 0.251 e. The lowest BCUT2D eigenvalue weighted by atomic mass is 10.1. The summed E-state index contributed by atoms with van der Waals surface area (Å²) < 4.78 is 0. The fourth-order valence-electron chi connectivity index (χ4n) is 3.39. The topological polar surface area (TPSA) is 90.1 Å². The number of imidazole rings is 1. The van der Waals surface area contributed by atoms with Crippen molar-refractivity contribution in [2.75, 3.05) is 24.5 Å². The van der Waals surface area contributed by atoms with Crippen molar-refractivity contribution in [2.45, 2.75) is 19.4 Å². The van der Waals surface area contributed by atoms with E-state index < -0.39 is 0 Å². The lowest BCUT2D eigenvalue weighted by molar-refractivity contribution is -0.118. The van der Waals surface area contributed by atoms with Gasteiger partial charge in [-0.3, -0.25) is 9.59 Å². The van der Waals surface area contributed by atoms with Crippen LogP contribution in [0.25, 0.3) is 11.0 Å². The van der Waals surface area contributed by atoms with Crippen LogP contribution in [0.1, 0.15) is 35.6 Å². The summed E-state index contributed by atoms with van der Waals surface area (Å²) in [6.07, 6.45) is 0.475. The Labute approximate surface area is 173 Å². The summed E-state index contributed by atoms with van der Waals surface area (Å²) in [5.74, 6) is 0.548. The first-order valence-corrected chi connectivity index (χ1v) is 9.96. The van der Waals surface area contributed by atoms with Crippen molar-refractivity contribution in [1.82, 2.24) is 20.6 Å². The number of amides is 2. The lowest BCUT2D eigenvalue weighted by Gasteiger charge is -2.20. The highest BCUT2D eigenvalue weighted by Crippen LogP contribution is 2.21. The number of aromatic nitrogens is 2. The minimum Gasteiger partial charge on any atom is -0.342 e. The van der Waals surface area contributed by atoms with E-state index in [1.165, 1.54) is 0 Å². The molecular formula is C21H22ClN5O2. The van der Waals surface area contributed by atoms with Crippen LogP contribution in [-0.2, 0) is 4.79 Å². The number of halogens is 1. The van der Waals surface area contributed by atoms with Gasteiger partial charge in [0.1, 0.15) is 5.82 Å². The summed E-state index contributed by atoms with van der Waals surface area (Å²) in [5, 5.41) is 6.79. The number of nitrogens with zero attached hydrogens (tertiary/aromatic N) is 2. The number of hydrogen-bond donors (Lipinski definition) is 3. The first-order valence-electron chi connectivity index (χ1n) is 9.58. The number of rotatable bonds is 4. The highest BCUT2D eigenvalue weighted by molar-refractivity contribution is 6.31. The average molecular weight is 412 g/mol. The molecule has 0 bridgehead atoms. The van der Waals surface area contributed by atoms with E-state index in [9.17, 15) is 9.59 Å². The Morgan fingerprint density at radius 2 is 2.00 bits per heavy atom. The summed E-state index contributed by atoms with van der Waals surface area (Å²) in [6, 6.07) is 12.2. The van der Waals surface area contributed by atoms with Gasteiger partial charge in [-0.1, -0.05) is 11.6 Å². The molecule has 2 heterocycles. The van der Waals surface area contributed by atoms with E-state index in [0.29, 0.717) is 35.9 Å². The molecular weight excluding hydrogens is 390 g/mol. The predicted molar refractivity (Wildman–Crippen MR) is 113 cm³/mol. The Balaban J connectivity index is 1.45. The van der Waals surface area contributed by atoms with Gasteiger partial charge < -0.3 is 20.5 Å². The Hall–Kier alpha value is -2.90. The van der Waals surface area contributed by atoms with Gasteiger partial charge in [-0.25, -0.2) is 4.98 Å². The van der Waals surface area contributed by atoms with Crippen LogP contribution >= 0.6 is 11.6 Å². The molecule has 0 aliphatic carbocycles. The van der Waals surface area contributed by atoms with Crippen molar-refractivity contribution in [2.24, 2.45) is 0 Å². The maximum absolute atomic E-state index is 12.6. The summed E-state index contributed by atoms with van der Waals surface area (Å²) >= 11 is 6.01. The number of carbonyl (C=O) groups excluding carboxylic acids is 2. The van der Waals surface area contributed by atoms with E-state index >= 15 is 0 Å². The standard InChI is InChI=1S/C21H22ClN5O2/c1-13(20-25-17-7-4-15(22)12-18(17)26-20)24-21(29)14-2-5-16(6-3-14)27-11-10-23-9-8-19(27)28/h2-7,12-13,23H,8-11H2,1H3,(H,24,29)(H,25,26)/t13-/m0/s1. The van der Waals surface area contributed by atoms with Crippen molar-refractivity contribution in [3.63, 3.8) is 0 Å². The van der Waals surface area contributed by atoms with E-state index in [2.05, 4.69) is 20.6 Å². The summed E-state index contributed by atoms with van der Waals surface area (Å²) in [4.78, 5) is 34.3. The first kappa shape index (κ1) is 19.4. The highest BCUT2D eigenvalue weighted by atomic mass is 35.5. The van der Waals surface area contributed by atoms with E-state index in [-0.39, 0.29) is 17.9 Å². The van der Waals surface area contributed by atoms with Crippen LogP contribution in [0.15, 0.2) is 42.5 Å². The van der Waals surface area contributed by atoms with Crippen LogP contribution in [-0.4, -0.2) is 41.4 Å². The van der Waals surface area contributed by atoms with Crippen molar-refractivity contribution in [3.8, 4) is 0 Å². The van der Waals surface area contributed by atoms with Gasteiger partial charge in [-0.05, 0) is 49.4 Å². The van der Waals surface area contributed by atoms with Crippen LogP contribution in [0.4, 0.5) is 5.69 Å². The zero-order chi connectivity index (χ0) is 20.4. The highest BCUT2D eigenvalue weighted by Gasteiger charge is 2.19. The van der Waals surface area contributed by atoms with Gasteiger partial charge in [0.25, 0.3) is 5.91 Å². The maximum atomic E-state index is 12.6. The van der Waals surface area contributed by atoms with Gasteiger partial charge in [0, 0.05) is 42.3 Å². The molecule has 8 heteroatoms. The number of aromatic amines is 1. The number of nitrogens with one attached hydrogen (secondary N) is 3. The molecule has 0 spiro atoms. The normalized spacial score (nSPS) is 15.9. The fourth-order valence-corrected chi connectivity index (χ4v) is 3.56. The number of hydrogen-bond acceptors (Lipinski definition) is 4. The van der Waals surface area contributed by atoms with Gasteiger partial charge in [0.2, 0.25) is 5.91 Å². The second-order valence-corrected chi connectivity index (χ2v) is 7.51. The van der Waals surface area contributed by atoms with E-state index in [0.717, 1.165) is 23.3 Å². The van der Waals surface area contributed by atoms with Crippen LogP contribution in [0.5, 0.6) is 0 Å². The van der Waals surface area contributed by atoms with Crippen LogP contribution < -0.4 is 15.5 Å². The molecule has 0 radical (unpaired) electrons. The smallest absolute Gasteiger partial charge is 0.251 e. The average Bonchev–Trinajstić information content (AvgIpc) is 3.02. The van der Waals surface area contributed by atoms with Gasteiger partial charge >= 0.3 is 0 Å². The van der Waals surface area contributed by atoms with E-state index in [1.807, 2.05) is 25.1 Å². The molecule has 1 saturated heterocycles. The lowest BCUT2D eigenvalue weighted by Crippen LogP contribution is -2.32. The summed E-state index contributed by atoms with van der Waals surface area (Å²) in [6.45, 7) is 3.95. The molecule has 7 nitrogen and oxygen atoms in total. The fraction of sp³-hybridized carbons (Fsp3) is 0.286. The molecule has 3 aromatic rings. The summed E-state index contributed by atoms with van der Waals surface area (Å²) in [7, 11) is 0. The van der Waals surface area contributed by atoms with Gasteiger partial charge in [0.05, 0.1) is 17.1 Å². The zero-order valence-corrected chi connectivity index (χ0v) is 16.8. The number of benzene rings is 2. The van der Waals surface area contributed by atoms with Crippen LogP contribution in [0.3, 0.4) is 0 Å². The number of anilines is 1. The third kappa shape index (κ3) is 4.26. The molecule has 1 aliphatic heterocycles. The zero-order valence-electron chi connectivity index (χ0n) is 16.0. The van der Waals surface area contributed by atoms with Crippen molar-refractivity contribution in [1.29, 1.82) is 0 Å². The van der Waals surface area contributed by atoms with Crippen LogP contribution in [0, 0.1) is 0 Å². The molecule has 0 saturated carbocycles. The minimum atomic E-state index is -0.299. The molecule has 150 valence electrons. The van der Waals surface area contributed by atoms with Crippen LogP contribution in [0.2, 0.25) is 5.02 Å². The summed E-state index contributed by atoms with van der Waals surface area (Å²) in [5.41, 5.74) is 2.96. The Kier molecular flexibility index (Phi) is 5.51. The molecule has 0 unspecified atom stereocenters. The molecule has 1 aromatic heterocycles. The first-order chi connectivity index (χ1) is 14.0. The monoisotopic (exact) mass is 411 g/mol. The second-order valence-electron chi connectivity index (χ2n) is 7.07. The van der Waals surface area contributed by atoms with Gasteiger partial charge in [-0.2, -0.15) is 0 Å². The largest absolute Gasteiger partial charge is 0.342 e. The SMILES string of the molecule is C[C@H](NC(=O)c1ccc(N2CCNCCC2=O)cc1)c1nc2ccc(Cl)cc2[nH]1. The van der Waals surface area contributed by atoms with E-state index in [4.69, 9.17) is 11.6 Å². The molecule has 1 atom stereocenters. The second kappa shape index (κ2) is 8.23. The molecule has 2 aromatic carbocycles. The number of fused-ring (bicyclic) bond motifs is 1. The molecule has 3 N–H and O–H groups in total. The molecule has 29 heavy (non-hydrogen) atoms. The van der Waals surface area contributed by atoms with Gasteiger partial charge in [-0.15, -0.1) is 0 Å². The number of H-pyrrole nitrogens is 1. The Morgan fingerprint density at radius 1 is 1.21 bits per heavy atom. The Bertz CT molecular complexity index is 1050. The molecule has 1 fully saturated rings.